The number of ether oxygens (including phenoxy) is 3. The molecule has 0 aromatic heterocycles. The molecule has 0 amide bonds. The fourth-order valence-corrected chi connectivity index (χ4v) is 3.18. The lowest BCUT2D eigenvalue weighted by atomic mass is 9.97. The van der Waals surface area contributed by atoms with Gasteiger partial charge in [0.25, 0.3) is 0 Å². The topological polar surface area (TPSA) is 253 Å². The second kappa shape index (κ2) is 13.0. The second-order valence-electron chi connectivity index (χ2n) is 8.10. The van der Waals surface area contributed by atoms with Gasteiger partial charge in [-0.3, -0.25) is 4.79 Å². The van der Waals surface area contributed by atoms with E-state index >= 15 is 0 Å². The van der Waals surface area contributed by atoms with Crippen molar-refractivity contribution in [1.82, 2.24) is 0 Å². The molecule has 2 rings (SSSR count). The van der Waals surface area contributed by atoms with Gasteiger partial charge in [-0.2, -0.15) is 0 Å². The Morgan fingerprint density at radius 3 is 1.88 bits per heavy atom. The third kappa shape index (κ3) is 7.51. The highest BCUT2D eigenvalue weighted by Crippen LogP contribution is 2.28. The molecule has 14 heteroatoms. The maximum Gasteiger partial charge on any atom is 0.320 e. The van der Waals surface area contributed by atoms with Gasteiger partial charge in [0.15, 0.2) is 12.6 Å². The van der Waals surface area contributed by atoms with E-state index in [4.69, 9.17) is 30.2 Å². The lowest BCUT2D eigenvalue weighted by Gasteiger charge is -2.45. The number of carboxylic acid groups (broad SMARTS) is 1. The smallest absolute Gasteiger partial charge is 0.320 e. The number of nitrogens with two attached hydrogens (primary N) is 1. The van der Waals surface area contributed by atoms with Crippen molar-refractivity contribution < 1.29 is 65.0 Å². The van der Waals surface area contributed by atoms with Crippen molar-refractivity contribution in [2.45, 2.75) is 87.7 Å². The van der Waals surface area contributed by atoms with Gasteiger partial charge in [-0.25, -0.2) is 0 Å². The van der Waals surface area contributed by atoms with Crippen LogP contribution < -0.4 is 5.73 Å². The van der Waals surface area contributed by atoms with Crippen LogP contribution in [0.15, 0.2) is 0 Å². The zero-order valence-corrected chi connectivity index (χ0v) is 17.8. The van der Waals surface area contributed by atoms with Crippen LogP contribution in [0.1, 0.15) is 20.3 Å². The summed E-state index contributed by atoms with van der Waals surface area (Å²) in [6, 6.07) is -0.690. The van der Waals surface area contributed by atoms with Crippen LogP contribution in [0, 0.1) is 5.92 Å². The van der Waals surface area contributed by atoms with Gasteiger partial charge in [-0.05, 0) is 12.3 Å². The Morgan fingerprint density at radius 1 is 0.875 bits per heavy atom. The molecular weight excluding hydrogens is 438 g/mol. The van der Waals surface area contributed by atoms with Crippen molar-refractivity contribution >= 4 is 5.97 Å². The van der Waals surface area contributed by atoms with E-state index in [0.717, 1.165) is 0 Å². The molecule has 2 heterocycles. The van der Waals surface area contributed by atoms with Crippen LogP contribution in [-0.2, 0) is 19.0 Å². The van der Waals surface area contributed by atoms with Crippen molar-refractivity contribution in [3.8, 4) is 0 Å². The summed E-state index contributed by atoms with van der Waals surface area (Å²) in [5.41, 5.74) is 5.22. The zero-order chi connectivity index (χ0) is 24.7. The summed E-state index contributed by atoms with van der Waals surface area (Å²) in [6.45, 7) is 2.55. The number of carbonyl (C=O) groups is 1. The molecule has 11 atom stereocenters. The molecule has 32 heavy (non-hydrogen) atoms. The van der Waals surface area contributed by atoms with Crippen molar-refractivity contribution in [2.75, 3.05) is 13.2 Å². The summed E-state index contributed by atoms with van der Waals surface area (Å²) >= 11 is 0. The lowest BCUT2D eigenvalue weighted by Crippen LogP contribution is -2.64. The maximum absolute atomic E-state index is 10.1. The molecule has 0 saturated carbocycles. The molecule has 11 N–H and O–H groups in total. The first kappa shape index (κ1) is 29.0. The molecule has 14 nitrogen and oxygen atoms in total. The first-order chi connectivity index (χ1) is 14.8. The average molecular weight is 473 g/mol. The summed E-state index contributed by atoms with van der Waals surface area (Å²) in [7, 11) is 0. The average Bonchev–Trinajstić information content (AvgIpc) is 2.73. The highest BCUT2D eigenvalue weighted by Gasteiger charge is 2.50. The quantitative estimate of drug-likeness (QED) is 0.166. The normalized spacial score (nSPS) is 41.0. The van der Waals surface area contributed by atoms with Crippen molar-refractivity contribution in [2.24, 2.45) is 11.7 Å². The Morgan fingerprint density at radius 2 is 1.44 bits per heavy atom. The van der Waals surface area contributed by atoms with Gasteiger partial charge in [0.05, 0.1) is 13.2 Å². The van der Waals surface area contributed by atoms with Crippen LogP contribution in [0.2, 0.25) is 0 Å². The molecule has 0 aromatic rings. The number of aliphatic hydroxyl groups is 8. The van der Waals surface area contributed by atoms with Gasteiger partial charge in [-0.15, -0.1) is 0 Å². The van der Waals surface area contributed by atoms with E-state index in [9.17, 15) is 40.5 Å². The van der Waals surface area contributed by atoms with Crippen molar-refractivity contribution in [1.29, 1.82) is 0 Å². The van der Waals surface area contributed by atoms with Gasteiger partial charge in [0.2, 0.25) is 0 Å². The number of aliphatic carboxylic acids is 1. The minimum absolute atomic E-state index is 0.357. The van der Waals surface area contributed by atoms with E-state index in [0.29, 0.717) is 12.3 Å². The Labute approximate surface area is 184 Å². The Hall–Kier alpha value is -1.01. The molecule has 2 fully saturated rings. The van der Waals surface area contributed by atoms with Crippen LogP contribution in [0.25, 0.3) is 0 Å². The summed E-state index contributed by atoms with van der Waals surface area (Å²) in [4.78, 5) is 10.1. The Kier molecular flexibility index (Phi) is 11.8. The molecule has 2 saturated heterocycles. The summed E-state index contributed by atoms with van der Waals surface area (Å²) in [6.07, 6.45) is -15.0. The van der Waals surface area contributed by atoms with E-state index in [2.05, 4.69) is 0 Å². The fourth-order valence-electron chi connectivity index (χ4n) is 3.18. The van der Waals surface area contributed by atoms with E-state index < -0.39 is 86.6 Å². The monoisotopic (exact) mass is 473 g/mol. The highest BCUT2D eigenvalue weighted by molar-refractivity contribution is 5.72. The zero-order valence-electron chi connectivity index (χ0n) is 17.8. The SMILES string of the molecule is CC(C)CC(N)C(=O)O.OC[C@H]1O[C@@H](O[C@H]2[C@H](O)C(O)C(O)O[C@@H]2CO)[C@H](O)[C@@H](O)[C@H]1O. The molecule has 3 unspecified atom stereocenters. The third-order valence-electron chi connectivity index (χ3n) is 5.02. The van der Waals surface area contributed by atoms with Crippen LogP contribution in [0.4, 0.5) is 0 Å². The van der Waals surface area contributed by atoms with Crippen LogP contribution in [0.5, 0.6) is 0 Å². The Balaban J connectivity index is 0.000000482. The molecule has 2 aliphatic rings. The number of aliphatic hydroxyl groups excluding tert-OH is 8. The van der Waals surface area contributed by atoms with Crippen molar-refractivity contribution in [3.05, 3.63) is 0 Å². The number of rotatable bonds is 7. The Bertz CT molecular complexity index is 563. The van der Waals surface area contributed by atoms with Gasteiger partial charge in [0.1, 0.15) is 54.9 Å². The van der Waals surface area contributed by atoms with E-state index in [1.807, 2.05) is 13.8 Å². The number of hydrogen-bond donors (Lipinski definition) is 10. The summed E-state index contributed by atoms with van der Waals surface area (Å²) < 4.78 is 15.3. The van der Waals surface area contributed by atoms with E-state index in [1.54, 1.807) is 0 Å². The van der Waals surface area contributed by atoms with Crippen LogP contribution in [0.3, 0.4) is 0 Å². The molecule has 0 aliphatic carbocycles. The van der Waals surface area contributed by atoms with Crippen LogP contribution in [-0.4, -0.2) is 133 Å². The van der Waals surface area contributed by atoms with E-state index in [1.165, 1.54) is 0 Å². The molecule has 190 valence electrons. The van der Waals surface area contributed by atoms with Crippen molar-refractivity contribution in [3.63, 3.8) is 0 Å². The third-order valence-corrected chi connectivity index (χ3v) is 5.02. The molecule has 0 bridgehead atoms. The minimum atomic E-state index is -1.74. The van der Waals surface area contributed by atoms with Crippen LogP contribution >= 0.6 is 0 Å². The van der Waals surface area contributed by atoms with Gasteiger partial charge < -0.3 is 65.9 Å². The van der Waals surface area contributed by atoms with E-state index in [-0.39, 0.29) is 0 Å². The summed E-state index contributed by atoms with van der Waals surface area (Å²) in [5, 5.41) is 84.8. The fraction of sp³-hybridized carbons (Fsp3) is 0.944. The van der Waals surface area contributed by atoms with Gasteiger partial charge in [0, 0.05) is 0 Å². The molecule has 0 radical (unpaired) electrons. The first-order valence-corrected chi connectivity index (χ1v) is 10.1. The minimum Gasteiger partial charge on any atom is -0.480 e. The molecule has 0 aromatic carbocycles. The largest absolute Gasteiger partial charge is 0.480 e. The number of hydrogen-bond acceptors (Lipinski definition) is 13. The molecule has 2 aliphatic heterocycles. The second-order valence-corrected chi connectivity index (χ2v) is 8.10. The standard InChI is InChI=1S/C12H22O11.C6H13NO2/c13-1-3-5(15)6(16)9(19)12(22-3)23-10-4(2-14)21-11(20)8(18)7(10)17;1-4(2)3-5(7)6(8)9/h3-20H,1-2H2;4-5H,3,7H2,1-2H3,(H,8,9)/t3-,4-,5+,6+,7-,8?,9-,10-,11?,12+;/m1./s1. The molecular formula is C18H35NO13. The van der Waals surface area contributed by atoms with Gasteiger partial charge >= 0.3 is 5.97 Å². The molecule has 0 spiro atoms. The predicted octanol–water partition coefficient (Wildman–Crippen LogP) is -4.95. The van der Waals surface area contributed by atoms with Gasteiger partial charge in [-0.1, -0.05) is 13.8 Å². The number of carboxylic acids is 1. The lowest BCUT2D eigenvalue weighted by molar-refractivity contribution is -0.355. The first-order valence-electron chi connectivity index (χ1n) is 10.1. The predicted molar refractivity (Wildman–Crippen MR) is 104 cm³/mol. The highest BCUT2D eigenvalue weighted by atomic mass is 16.7. The summed E-state index contributed by atoms with van der Waals surface area (Å²) in [5.74, 6) is -0.556. The maximum atomic E-state index is 10.1.